The highest BCUT2D eigenvalue weighted by Gasteiger charge is 2.60. The highest BCUT2D eigenvalue weighted by molar-refractivity contribution is 5.92. The minimum atomic E-state index is 0.0701. The Morgan fingerprint density at radius 3 is 1.93 bits per heavy atom. The molecule has 0 spiro atoms. The van der Waals surface area contributed by atoms with Gasteiger partial charge in [-0.25, -0.2) is 0 Å². The zero-order valence-electron chi connectivity index (χ0n) is 15.5. The topological polar surface area (TPSA) is 15.6 Å². The minimum Gasteiger partial charge on any atom is -0.354 e. The summed E-state index contributed by atoms with van der Waals surface area (Å²) in [6.45, 7) is 2.90. The van der Waals surface area contributed by atoms with Crippen molar-refractivity contribution in [2.45, 2.75) is 18.4 Å². The molecule has 2 aliphatic rings. The average molecular weight is 352 g/mol. The lowest BCUT2D eigenvalue weighted by Crippen LogP contribution is -2.31. The van der Waals surface area contributed by atoms with Crippen molar-refractivity contribution >= 4 is 5.84 Å². The van der Waals surface area contributed by atoms with Gasteiger partial charge in [0.05, 0.1) is 6.54 Å². The monoisotopic (exact) mass is 352 g/mol. The fourth-order valence-electron chi connectivity index (χ4n) is 4.64. The van der Waals surface area contributed by atoms with Gasteiger partial charge in [0, 0.05) is 24.4 Å². The number of rotatable bonds is 5. The van der Waals surface area contributed by atoms with Gasteiger partial charge >= 0.3 is 0 Å². The average Bonchev–Trinajstić information content (AvgIpc) is 3.34. The summed E-state index contributed by atoms with van der Waals surface area (Å²) >= 11 is 0. The van der Waals surface area contributed by atoms with Crippen molar-refractivity contribution < 1.29 is 0 Å². The Morgan fingerprint density at radius 2 is 1.33 bits per heavy atom. The number of benzene rings is 3. The van der Waals surface area contributed by atoms with Crippen LogP contribution in [0.2, 0.25) is 0 Å². The van der Waals surface area contributed by atoms with Crippen LogP contribution in [0.25, 0.3) is 0 Å². The van der Waals surface area contributed by atoms with Gasteiger partial charge in [0.2, 0.25) is 0 Å². The van der Waals surface area contributed by atoms with E-state index in [1.807, 2.05) is 0 Å². The van der Waals surface area contributed by atoms with Gasteiger partial charge in [0.1, 0.15) is 5.84 Å². The van der Waals surface area contributed by atoms with E-state index >= 15 is 0 Å². The van der Waals surface area contributed by atoms with Crippen molar-refractivity contribution in [1.29, 1.82) is 0 Å². The summed E-state index contributed by atoms with van der Waals surface area (Å²) in [5.41, 5.74) is 4.25. The molecule has 2 heteroatoms. The summed E-state index contributed by atoms with van der Waals surface area (Å²) in [7, 11) is 0. The second kappa shape index (κ2) is 6.70. The lowest BCUT2D eigenvalue weighted by Gasteiger charge is -2.24. The lowest BCUT2D eigenvalue weighted by atomic mass is 9.85. The number of hydrogen-bond donors (Lipinski definition) is 0. The molecule has 0 saturated heterocycles. The second-order valence-corrected chi connectivity index (χ2v) is 7.61. The van der Waals surface area contributed by atoms with Gasteiger partial charge < -0.3 is 4.90 Å². The van der Waals surface area contributed by atoms with Gasteiger partial charge in [-0.2, -0.15) is 0 Å². The zero-order valence-corrected chi connectivity index (χ0v) is 15.5. The Bertz CT molecular complexity index is 892. The molecular formula is C25H24N2. The SMILES string of the molecule is c1ccc(CN2CCN=C2C2CC2(c2ccccc2)c2ccccc2)cc1. The van der Waals surface area contributed by atoms with Crippen LogP contribution in [0.15, 0.2) is 96.0 Å². The molecule has 0 bridgehead atoms. The van der Waals surface area contributed by atoms with Crippen molar-refractivity contribution in [3.8, 4) is 0 Å². The smallest absolute Gasteiger partial charge is 0.104 e. The first-order valence-corrected chi connectivity index (χ1v) is 9.82. The first kappa shape index (κ1) is 16.3. The zero-order chi connectivity index (χ0) is 18.1. The molecule has 1 heterocycles. The number of hydrogen-bond acceptors (Lipinski definition) is 2. The lowest BCUT2D eigenvalue weighted by molar-refractivity contribution is 0.438. The van der Waals surface area contributed by atoms with E-state index < -0.39 is 0 Å². The van der Waals surface area contributed by atoms with E-state index in [-0.39, 0.29) is 5.41 Å². The van der Waals surface area contributed by atoms with Crippen molar-refractivity contribution in [2.24, 2.45) is 10.9 Å². The van der Waals surface area contributed by atoms with E-state index in [1.54, 1.807) is 0 Å². The van der Waals surface area contributed by atoms with E-state index in [1.165, 1.54) is 22.5 Å². The van der Waals surface area contributed by atoms with Gasteiger partial charge in [-0.3, -0.25) is 4.99 Å². The maximum absolute atomic E-state index is 4.96. The molecule has 1 unspecified atom stereocenters. The number of aliphatic imine (C=N–C) groups is 1. The maximum atomic E-state index is 4.96. The Kier molecular flexibility index (Phi) is 4.05. The van der Waals surface area contributed by atoms with Crippen LogP contribution in [-0.2, 0) is 12.0 Å². The van der Waals surface area contributed by atoms with E-state index in [2.05, 4.69) is 95.9 Å². The molecule has 134 valence electrons. The third kappa shape index (κ3) is 2.86. The molecule has 0 aromatic heterocycles. The van der Waals surface area contributed by atoms with Gasteiger partial charge in [0.15, 0.2) is 0 Å². The van der Waals surface area contributed by atoms with Crippen LogP contribution < -0.4 is 0 Å². The summed E-state index contributed by atoms with van der Waals surface area (Å²) < 4.78 is 0. The molecule has 3 aromatic carbocycles. The summed E-state index contributed by atoms with van der Waals surface area (Å²) in [6.07, 6.45) is 1.14. The molecule has 0 amide bonds. The van der Waals surface area contributed by atoms with E-state index in [9.17, 15) is 0 Å². The van der Waals surface area contributed by atoms with Crippen LogP contribution >= 0.6 is 0 Å². The molecule has 1 saturated carbocycles. The summed E-state index contributed by atoms with van der Waals surface area (Å²) in [5.74, 6) is 1.76. The van der Waals surface area contributed by atoms with Crippen LogP contribution in [0.5, 0.6) is 0 Å². The van der Waals surface area contributed by atoms with Crippen molar-refractivity contribution in [3.63, 3.8) is 0 Å². The second-order valence-electron chi connectivity index (χ2n) is 7.61. The molecule has 27 heavy (non-hydrogen) atoms. The third-order valence-electron chi connectivity index (χ3n) is 6.03. The molecule has 1 fully saturated rings. The first-order valence-electron chi connectivity index (χ1n) is 9.82. The minimum absolute atomic E-state index is 0.0701. The summed E-state index contributed by atoms with van der Waals surface area (Å²) in [5, 5.41) is 0. The van der Waals surface area contributed by atoms with Crippen LogP contribution in [-0.4, -0.2) is 23.8 Å². The standard InChI is InChI=1S/C25H24N2/c1-4-10-20(11-5-1)19-27-17-16-26-24(27)23-18-25(23,21-12-6-2-7-13-21)22-14-8-3-9-15-22/h1-15,23H,16-19H2. The normalized spacial score (nSPS) is 20.4. The maximum Gasteiger partial charge on any atom is 0.104 e. The molecular weight excluding hydrogens is 328 g/mol. The van der Waals surface area contributed by atoms with E-state index in [0.29, 0.717) is 5.92 Å². The highest BCUT2D eigenvalue weighted by atomic mass is 15.2. The molecule has 2 nitrogen and oxygen atoms in total. The Morgan fingerprint density at radius 1 is 0.778 bits per heavy atom. The molecule has 3 aromatic rings. The quantitative estimate of drug-likeness (QED) is 0.637. The van der Waals surface area contributed by atoms with Gasteiger partial charge in [-0.15, -0.1) is 0 Å². The van der Waals surface area contributed by atoms with Crippen molar-refractivity contribution in [2.75, 3.05) is 13.1 Å². The Labute approximate surface area is 161 Å². The molecule has 5 rings (SSSR count). The molecule has 0 radical (unpaired) electrons. The van der Waals surface area contributed by atoms with E-state index in [4.69, 9.17) is 4.99 Å². The molecule has 0 N–H and O–H groups in total. The fourth-order valence-corrected chi connectivity index (χ4v) is 4.64. The highest BCUT2D eigenvalue weighted by Crippen LogP contribution is 2.60. The predicted octanol–water partition coefficient (Wildman–Crippen LogP) is 4.91. The van der Waals surface area contributed by atoms with Gasteiger partial charge in [-0.05, 0) is 23.1 Å². The largest absolute Gasteiger partial charge is 0.354 e. The van der Waals surface area contributed by atoms with Crippen molar-refractivity contribution in [3.05, 3.63) is 108 Å². The van der Waals surface area contributed by atoms with Crippen LogP contribution in [0.1, 0.15) is 23.1 Å². The number of amidine groups is 1. The molecule has 1 atom stereocenters. The Hall–Kier alpha value is -2.87. The van der Waals surface area contributed by atoms with Crippen LogP contribution in [0, 0.1) is 5.92 Å². The van der Waals surface area contributed by atoms with Crippen molar-refractivity contribution in [1.82, 2.24) is 4.90 Å². The van der Waals surface area contributed by atoms with Crippen LogP contribution in [0.4, 0.5) is 0 Å². The first-order chi connectivity index (χ1) is 13.4. The third-order valence-corrected chi connectivity index (χ3v) is 6.03. The molecule has 1 aliphatic carbocycles. The van der Waals surface area contributed by atoms with Crippen LogP contribution in [0.3, 0.4) is 0 Å². The van der Waals surface area contributed by atoms with Gasteiger partial charge in [0.25, 0.3) is 0 Å². The summed E-state index contributed by atoms with van der Waals surface area (Å²) in [4.78, 5) is 7.46. The van der Waals surface area contributed by atoms with E-state index in [0.717, 1.165) is 26.1 Å². The predicted molar refractivity (Wildman–Crippen MR) is 111 cm³/mol. The summed E-state index contributed by atoms with van der Waals surface area (Å²) in [6, 6.07) is 32.7. The fraction of sp³-hybridized carbons (Fsp3) is 0.240. The van der Waals surface area contributed by atoms with Gasteiger partial charge in [-0.1, -0.05) is 91.0 Å². The Balaban J connectivity index is 1.48. The number of nitrogens with zero attached hydrogens (tertiary/aromatic N) is 2. The molecule has 1 aliphatic heterocycles.